The second-order valence-electron chi connectivity index (χ2n) is 2.14. The van der Waals surface area contributed by atoms with Gasteiger partial charge in [0.2, 0.25) is 0 Å². The van der Waals surface area contributed by atoms with Crippen LogP contribution < -0.4 is 0 Å². The smallest absolute Gasteiger partial charge is 0.171 e. The molecule has 0 aromatic carbocycles. The largest absolute Gasteiger partial charge is 0.294 e. The zero-order valence-electron chi connectivity index (χ0n) is 5.05. The fraction of sp³-hybridized carbons (Fsp3) is 0.667. The lowest BCUT2D eigenvalue weighted by molar-refractivity contribution is -0.113. The van der Waals surface area contributed by atoms with Crippen LogP contribution in [-0.4, -0.2) is 14.9 Å². The first-order valence-electron chi connectivity index (χ1n) is 3.03. The fourth-order valence-corrected chi connectivity index (χ4v) is 1.36. The predicted molar refractivity (Wildman–Crippen MR) is 36.6 cm³/mol. The SMILES string of the molecule is O=S=C1CCCCC1=O. The summed E-state index contributed by atoms with van der Waals surface area (Å²) in [6.07, 6.45) is 3.27. The lowest BCUT2D eigenvalue weighted by Gasteiger charge is -2.06. The number of hydrogen-bond acceptors (Lipinski definition) is 2. The number of hydrogen-bond donors (Lipinski definition) is 0. The average molecular weight is 144 g/mol. The van der Waals surface area contributed by atoms with Gasteiger partial charge in [0, 0.05) is 6.42 Å². The summed E-state index contributed by atoms with van der Waals surface area (Å²) in [4.78, 5) is 11.3. The van der Waals surface area contributed by atoms with Gasteiger partial charge in [-0.2, -0.15) is 0 Å². The third-order valence-electron chi connectivity index (χ3n) is 1.47. The topological polar surface area (TPSA) is 34.1 Å². The maximum Gasteiger partial charge on any atom is 0.171 e. The summed E-state index contributed by atoms with van der Waals surface area (Å²) >= 11 is 0.371. The summed E-state index contributed by atoms with van der Waals surface area (Å²) in [5, 5.41) is 0. The summed E-state index contributed by atoms with van der Waals surface area (Å²) in [6.45, 7) is 0. The van der Waals surface area contributed by atoms with Gasteiger partial charge < -0.3 is 0 Å². The van der Waals surface area contributed by atoms with Crippen LogP contribution >= 0.6 is 0 Å². The van der Waals surface area contributed by atoms with Gasteiger partial charge in [-0.25, -0.2) is 4.21 Å². The zero-order chi connectivity index (χ0) is 6.69. The molecular weight excluding hydrogens is 136 g/mol. The van der Waals surface area contributed by atoms with Gasteiger partial charge in [-0.05, 0) is 19.3 Å². The van der Waals surface area contributed by atoms with Crippen LogP contribution in [0.15, 0.2) is 0 Å². The molecule has 0 aromatic rings. The molecule has 9 heavy (non-hydrogen) atoms. The number of rotatable bonds is 0. The highest BCUT2D eigenvalue weighted by Gasteiger charge is 2.14. The summed E-state index contributed by atoms with van der Waals surface area (Å²) < 4.78 is 10.2. The molecule has 3 heteroatoms. The van der Waals surface area contributed by atoms with Gasteiger partial charge in [0.1, 0.15) is 0 Å². The van der Waals surface area contributed by atoms with Crippen molar-refractivity contribution in [3.8, 4) is 0 Å². The van der Waals surface area contributed by atoms with Crippen LogP contribution in [0.5, 0.6) is 0 Å². The Morgan fingerprint density at radius 3 is 2.33 bits per heavy atom. The predicted octanol–water partition coefficient (Wildman–Crippen LogP) is 0.515. The molecular formula is C6H8O2S. The number of carbonyl (C=O) groups is 1. The fourth-order valence-electron chi connectivity index (χ4n) is 0.938. The highest BCUT2D eigenvalue weighted by molar-refractivity contribution is 7.68. The molecule has 0 N–H and O–H groups in total. The summed E-state index contributed by atoms with van der Waals surface area (Å²) in [6, 6.07) is 0. The molecule has 0 atom stereocenters. The Kier molecular flexibility index (Phi) is 2.16. The van der Waals surface area contributed by atoms with Crippen molar-refractivity contribution >= 4 is 21.9 Å². The molecule has 2 nitrogen and oxygen atoms in total. The maximum atomic E-state index is 10.8. The van der Waals surface area contributed by atoms with Crippen molar-refractivity contribution in [2.45, 2.75) is 25.7 Å². The lowest BCUT2D eigenvalue weighted by atomic mass is 9.99. The first kappa shape index (κ1) is 6.68. The van der Waals surface area contributed by atoms with E-state index in [1.807, 2.05) is 0 Å². The molecule has 1 aliphatic rings. The van der Waals surface area contributed by atoms with Crippen LogP contribution in [0.2, 0.25) is 0 Å². The van der Waals surface area contributed by atoms with Gasteiger partial charge in [-0.3, -0.25) is 4.79 Å². The maximum absolute atomic E-state index is 10.8. The van der Waals surface area contributed by atoms with E-state index in [-0.39, 0.29) is 5.78 Å². The first-order chi connectivity index (χ1) is 4.34. The summed E-state index contributed by atoms with van der Waals surface area (Å²) in [5.41, 5.74) is 0. The number of ketones is 1. The monoisotopic (exact) mass is 144 g/mol. The molecule has 0 saturated heterocycles. The van der Waals surface area contributed by atoms with Gasteiger partial charge in [-0.15, -0.1) is 0 Å². The Morgan fingerprint density at radius 1 is 1.22 bits per heavy atom. The van der Waals surface area contributed by atoms with E-state index in [4.69, 9.17) is 0 Å². The van der Waals surface area contributed by atoms with E-state index in [1.165, 1.54) is 0 Å². The van der Waals surface area contributed by atoms with Crippen LogP contribution in [-0.2, 0) is 16.1 Å². The van der Waals surface area contributed by atoms with E-state index in [0.717, 1.165) is 12.8 Å². The third-order valence-corrected chi connectivity index (χ3v) is 2.10. The standard InChI is InChI=1S/C6H8O2S/c7-5-3-1-2-4-6(5)9-8/h1-4H2. The minimum atomic E-state index is 0.0706. The first-order valence-corrected chi connectivity index (χ1v) is 3.77. The minimum absolute atomic E-state index is 0.0706. The van der Waals surface area contributed by atoms with Crippen LogP contribution in [0.1, 0.15) is 25.7 Å². The van der Waals surface area contributed by atoms with Crippen LogP contribution in [0.4, 0.5) is 0 Å². The quantitative estimate of drug-likeness (QED) is 0.464. The lowest BCUT2D eigenvalue weighted by Crippen LogP contribution is -2.17. The Bertz CT molecular complexity index is 179. The zero-order valence-corrected chi connectivity index (χ0v) is 5.87. The van der Waals surface area contributed by atoms with Crippen LogP contribution in [0.25, 0.3) is 0 Å². The van der Waals surface area contributed by atoms with Crippen molar-refractivity contribution in [2.75, 3.05) is 0 Å². The van der Waals surface area contributed by atoms with E-state index in [1.54, 1.807) is 0 Å². The van der Waals surface area contributed by atoms with E-state index in [0.29, 0.717) is 29.0 Å². The van der Waals surface area contributed by atoms with Gasteiger partial charge in [0.25, 0.3) is 0 Å². The van der Waals surface area contributed by atoms with Crippen molar-refractivity contribution in [1.82, 2.24) is 0 Å². The summed E-state index contributed by atoms with van der Waals surface area (Å²) in [7, 11) is 0. The molecule has 0 aromatic heterocycles. The normalized spacial score (nSPS) is 20.0. The molecule has 0 aliphatic heterocycles. The van der Waals surface area contributed by atoms with Crippen molar-refractivity contribution in [3.63, 3.8) is 0 Å². The second-order valence-corrected chi connectivity index (χ2v) is 2.80. The molecule has 1 aliphatic carbocycles. The second kappa shape index (κ2) is 2.92. The molecule has 0 bridgehead atoms. The molecule has 1 rings (SSSR count). The molecule has 1 saturated carbocycles. The summed E-state index contributed by atoms with van der Waals surface area (Å²) in [5.74, 6) is 0.0706. The number of carbonyl (C=O) groups excluding carboxylic acids is 1. The minimum Gasteiger partial charge on any atom is -0.294 e. The Labute approximate surface area is 57.3 Å². The Morgan fingerprint density at radius 2 is 1.89 bits per heavy atom. The highest BCUT2D eigenvalue weighted by atomic mass is 32.1. The highest BCUT2D eigenvalue weighted by Crippen LogP contribution is 2.09. The molecule has 0 unspecified atom stereocenters. The number of Topliss-reactive ketones (excluding diaryl/α,β-unsaturated/α-hetero) is 1. The van der Waals surface area contributed by atoms with Crippen LogP contribution in [0, 0.1) is 0 Å². The van der Waals surface area contributed by atoms with Gasteiger partial charge in [-0.1, -0.05) is 0 Å². The molecule has 0 spiro atoms. The van der Waals surface area contributed by atoms with Gasteiger partial charge >= 0.3 is 0 Å². The van der Waals surface area contributed by atoms with E-state index < -0.39 is 0 Å². The van der Waals surface area contributed by atoms with Gasteiger partial charge in [0.05, 0.1) is 16.1 Å². The van der Waals surface area contributed by atoms with E-state index in [2.05, 4.69) is 0 Å². The third kappa shape index (κ3) is 1.48. The van der Waals surface area contributed by atoms with Crippen molar-refractivity contribution in [3.05, 3.63) is 0 Å². The van der Waals surface area contributed by atoms with E-state index in [9.17, 15) is 9.00 Å². The Balaban J connectivity index is 2.71. The van der Waals surface area contributed by atoms with Crippen LogP contribution in [0.3, 0.4) is 0 Å². The molecule has 0 heterocycles. The molecule has 1 fully saturated rings. The molecule has 0 radical (unpaired) electrons. The average Bonchev–Trinajstić information content (AvgIpc) is 1.89. The molecule has 50 valence electrons. The van der Waals surface area contributed by atoms with Crippen molar-refractivity contribution in [1.29, 1.82) is 0 Å². The Hall–Kier alpha value is -0.440. The van der Waals surface area contributed by atoms with E-state index >= 15 is 0 Å². The van der Waals surface area contributed by atoms with Crippen molar-refractivity contribution < 1.29 is 9.00 Å². The molecule has 0 amide bonds. The van der Waals surface area contributed by atoms with Crippen molar-refractivity contribution in [2.24, 2.45) is 0 Å². The van der Waals surface area contributed by atoms with Gasteiger partial charge in [0.15, 0.2) is 5.78 Å².